The lowest BCUT2D eigenvalue weighted by molar-refractivity contribution is -0.136. The molecule has 0 saturated carbocycles. The van der Waals surface area contributed by atoms with Crippen LogP contribution in [-0.4, -0.2) is 32.0 Å². The molecule has 0 aromatic heterocycles. The molecule has 1 heterocycles. The van der Waals surface area contributed by atoms with Gasteiger partial charge < -0.3 is 9.74 Å². The fourth-order valence-electron chi connectivity index (χ4n) is 2.00. The lowest BCUT2D eigenvalue weighted by Gasteiger charge is -2.45. The van der Waals surface area contributed by atoms with Crippen molar-refractivity contribution in [2.75, 3.05) is 6.26 Å². The number of carbonyl (C=O) groups excluding carboxylic acids is 1. The molecule has 0 aliphatic carbocycles. The second-order valence-electron chi connectivity index (χ2n) is 6.97. The summed E-state index contributed by atoms with van der Waals surface area (Å²) in [4.78, 5) is 12.0. The number of carbonyl (C=O) groups is 1. The van der Waals surface area contributed by atoms with Crippen molar-refractivity contribution in [3.63, 3.8) is 0 Å². The second-order valence-corrected chi connectivity index (χ2v) is 14.0. The molecule has 0 radical (unpaired) electrons. The van der Waals surface area contributed by atoms with Crippen LogP contribution in [0.15, 0.2) is 10.3 Å². The maximum absolute atomic E-state index is 12.0. The summed E-state index contributed by atoms with van der Waals surface area (Å²) in [5.41, 5.74) is 0. The van der Waals surface area contributed by atoms with Crippen molar-refractivity contribution in [3.8, 4) is 0 Å². The van der Waals surface area contributed by atoms with E-state index < -0.39 is 8.32 Å². The molecule has 0 aromatic rings. The molecule has 1 fully saturated rings. The third-order valence-corrected chi connectivity index (χ3v) is 11.5. The van der Waals surface area contributed by atoms with Gasteiger partial charge in [-0.05, 0) is 38.2 Å². The van der Waals surface area contributed by atoms with Gasteiger partial charge in [0.05, 0.1) is 17.4 Å². The van der Waals surface area contributed by atoms with Crippen LogP contribution in [0.3, 0.4) is 0 Å². The van der Waals surface area contributed by atoms with Gasteiger partial charge in [0.25, 0.3) is 0 Å². The first-order valence-corrected chi connectivity index (χ1v) is 12.4. The zero-order chi connectivity index (χ0) is 16.4. The van der Waals surface area contributed by atoms with Gasteiger partial charge in [0, 0.05) is 4.24 Å². The molecule has 1 aliphatic heterocycles. The molecule has 21 heavy (non-hydrogen) atoms. The summed E-state index contributed by atoms with van der Waals surface area (Å²) in [5, 5.41) is 3.30. The van der Waals surface area contributed by atoms with Crippen molar-refractivity contribution >= 4 is 37.7 Å². The van der Waals surface area contributed by atoms with Gasteiger partial charge in [0.15, 0.2) is 8.32 Å². The van der Waals surface area contributed by atoms with Crippen LogP contribution < -0.4 is 5.32 Å². The minimum Gasteiger partial charge on any atom is -0.413 e. The first-order chi connectivity index (χ1) is 9.53. The van der Waals surface area contributed by atoms with Crippen molar-refractivity contribution < 1.29 is 9.22 Å². The fourth-order valence-corrected chi connectivity index (χ4v) is 5.42. The number of rotatable bonds is 6. The van der Waals surface area contributed by atoms with Crippen molar-refractivity contribution in [2.24, 2.45) is 5.92 Å². The molecular weight excluding hydrogens is 318 g/mol. The molecule has 0 unspecified atom stereocenters. The summed E-state index contributed by atoms with van der Waals surface area (Å²) in [6.45, 7) is 15.2. The standard InChI is InChI=1S/C15H29NO2S2Si/c1-9-11(19-6)20-14-12(13(17)16-14)10(2)18-21(7,8)15(3,4)5/h9-10,12,14H,1-8H3,(H,16,17)/t10-,12+,14-/m1/s1. The first kappa shape index (κ1) is 19.1. The van der Waals surface area contributed by atoms with E-state index >= 15 is 0 Å². The molecule has 0 aromatic carbocycles. The van der Waals surface area contributed by atoms with E-state index in [0.717, 1.165) is 0 Å². The summed E-state index contributed by atoms with van der Waals surface area (Å²) >= 11 is 3.45. The number of thioether (sulfide) groups is 2. The highest BCUT2D eigenvalue weighted by Crippen LogP contribution is 2.42. The van der Waals surface area contributed by atoms with Gasteiger partial charge >= 0.3 is 0 Å². The quantitative estimate of drug-likeness (QED) is 0.570. The van der Waals surface area contributed by atoms with Crippen LogP contribution >= 0.6 is 23.5 Å². The lowest BCUT2D eigenvalue weighted by atomic mass is 9.96. The number of β-lactam (4-membered cyclic amide) rings is 1. The first-order valence-electron chi connectivity index (χ1n) is 7.38. The minimum atomic E-state index is -1.84. The molecule has 1 aliphatic rings. The van der Waals surface area contributed by atoms with E-state index in [2.05, 4.69) is 51.5 Å². The van der Waals surface area contributed by atoms with Gasteiger partial charge in [-0.2, -0.15) is 0 Å². The van der Waals surface area contributed by atoms with Crippen LogP contribution in [0.5, 0.6) is 0 Å². The number of hydrogen-bond acceptors (Lipinski definition) is 4. The molecule has 6 heteroatoms. The zero-order valence-corrected chi connectivity index (χ0v) is 17.1. The summed E-state index contributed by atoms with van der Waals surface area (Å²) in [5.74, 6) is 0.0708. The summed E-state index contributed by atoms with van der Waals surface area (Å²) in [7, 11) is -1.84. The van der Waals surface area contributed by atoms with Crippen molar-refractivity contribution in [3.05, 3.63) is 10.3 Å². The highest BCUT2D eigenvalue weighted by atomic mass is 32.2. The Morgan fingerprint density at radius 1 is 1.43 bits per heavy atom. The predicted octanol–water partition coefficient (Wildman–Crippen LogP) is 4.43. The largest absolute Gasteiger partial charge is 0.413 e. The number of amides is 1. The lowest BCUT2D eigenvalue weighted by Crippen LogP contribution is -2.62. The number of nitrogens with one attached hydrogen (secondary N) is 1. The number of hydrogen-bond donors (Lipinski definition) is 1. The summed E-state index contributed by atoms with van der Waals surface area (Å²) in [6, 6.07) is 0. The Kier molecular flexibility index (Phi) is 6.48. The van der Waals surface area contributed by atoms with E-state index in [1.54, 1.807) is 23.5 Å². The van der Waals surface area contributed by atoms with E-state index in [4.69, 9.17) is 4.43 Å². The third-order valence-electron chi connectivity index (χ3n) is 4.39. The predicted molar refractivity (Wildman–Crippen MR) is 98.0 cm³/mol. The van der Waals surface area contributed by atoms with Gasteiger partial charge in [-0.3, -0.25) is 4.79 Å². The van der Waals surface area contributed by atoms with Gasteiger partial charge in [0.1, 0.15) is 0 Å². The topological polar surface area (TPSA) is 38.3 Å². The van der Waals surface area contributed by atoms with Gasteiger partial charge in [-0.25, -0.2) is 0 Å². The molecule has 3 nitrogen and oxygen atoms in total. The molecule has 1 rings (SSSR count). The Balaban J connectivity index is 2.72. The van der Waals surface area contributed by atoms with E-state index in [9.17, 15) is 4.79 Å². The van der Waals surface area contributed by atoms with Crippen molar-refractivity contribution in [2.45, 2.75) is 64.2 Å². The van der Waals surface area contributed by atoms with E-state index in [-0.39, 0.29) is 28.3 Å². The fraction of sp³-hybridized carbons (Fsp3) is 0.800. The Bertz CT molecular complexity index is 418. The van der Waals surface area contributed by atoms with Crippen LogP contribution in [-0.2, 0) is 9.22 Å². The SMILES string of the molecule is CC=C(SC)S[C@H]1NC(=O)[C@@H]1[C@@H](C)O[Si](C)(C)C(C)(C)C. The minimum absolute atomic E-state index is 0.0305. The molecule has 3 atom stereocenters. The van der Waals surface area contributed by atoms with Crippen molar-refractivity contribution in [1.82, 2.24) is 5.32 Å². The van der Waals surface area contributed by atoms with E-state index in [1.165, 1.54) is 4.24 Å². The third kappa shape index (κ3) is 4.53. The Morgan fingerprint density at radius 3 is 2.38 bits per heavy atom. The average molecular weight is 348 g/mol. The highest BCUT2D eigenvalue weighted by molar-refractivity contribution is 8.22. The molecule has 0 spiro atoms. The van der Waals surface area contributed by atoms with Crippen LogP contribution in [0.2, 0.25) is 18.1 Å². The normalized spacial score (nSPS) is 25.3. The van der Waals surface area contributed by atoms with Gasteiger partial charge in [-0.1, -0.05) is 38.6 Å². The number of allylic oxidation sites excluding steroid dienone is 1. The summed E-state index contributed by atoms with van der Waals surface area (Å²) in [6.07, 6.45) is 4.13. The maximum atomic E-state index is 12.0. The van der Waals surface area contributed by atoms with E-state index in [0.29, 0.717) is 0 Å². The Morgan fingerprint density at radius 2 is 2.00 bits per heavy atom. The maximum Gasteiger partial charge on any atom is 0.229 e. The van der Waals surface area contributed by atoms with Crippen LogP contribution in [0.4, 0.5) is 0 Å². The summed E-state index contributed by atoms with van der Waals surface area (Å²) < 4.78 is 7.63. The zero-order valence-electron chi connectivity index (χ0n) is 14.4. The molecule has 1 saturated heterocycles. The molecule has 1 N–H and O–H groups in total. The molecule has 1 amide bonds. The van der Waals surface area contributed by atoms with Crippen LogP contribution in [0.1, 0.15) is 34.6 Å². The molecular formula is C15H29NO2S2Si. The van der Waals surface area contributed by atoms with Gasteiger partial charge in [0.2, 0.25) is 5.91 Å². The Labute approximate surface area is 139 Å². The Hall–Kier alpha value is 0.0869. The van der Waals surface area contributed by atoms with Gasteiger partial charge in [-0.15, -0.1) is 11.8 Å². The highest BCUT2D eigenvalue weighted by Gasteiger charge is 2.47. The molecule has 0 bridgehead atoms. The second kappa shape index (κ2) is 7.11. The van der Waals surface area contributed by atoms with E-state index in [1.807, 2.05) is 13.8 Å². The monoisotopic (exact) mass is 347 g/mol. The molecule has 122 valence electrons. The van der Waals surface area contributed by atoms with Crippen LogP contribution in [0.25, 0.3) is 0 Å². The smallest absolute Gasteiger partial charge is 0.229 e. The van der Waals surface area contributed by atoms with Crippen molar-refractivity contribution in [1.29, 1.82) is 0 Å². The average Bonchev–Trinajstić information content (AvgIpc) is 2.31. The van der Waals surface area contributed by atoms with Crippen LogP contribution in [0, 0.1) is 5.92 Å².